The van der Waals surface area contributed by atoms with Crippen LogP contribution in [0.3, 0.4) is 0 Å². The largest absolute Gasteiger partial charge is 0.472 e. The van der Waals surface area contributed by atoms with Crippen molar-refractivity contribution in [3.8, 4) is 0 Å². The maximum atomic E-state index is 12.9. The summed E-state index contributed by atoms with van der Waals surface area (Å²) < 4.78 is 22.2. The Morgan fingerprint density at radius 3 is 1.08 bits per heavy atom. The normalized spacial score (nSPS) is 13.7. The Kier molecular flexibility index (Phi) is 53.0. The van der Waals surface area contributed by atoms with Crippen molar-refractivity contribution in [1.82, 2.24) is 5.32 Å². The molecule has 0 bridgehead atoms. The van der Waals surface area contributed by atoms with Crippen LogP contribution in [0.1, 0.15) is 316 Å². The number of aliphatic hydroxyl groups excluding tert-OH is 1. The highest BCUT2D eigenvalue weighted by Gasteiger charge is 2.27. The van der Waals surface area contributed by atoms with Gasteiger partial charge in [0.05, 0.1) is 25.4 Å². The number of hydrogen-bond acceptors (Lipinski definition) is 6. The molecule has 0 aromatic carbocycles. The van der Waals surface area contributed by atoms with Gasteiger partial charge in [0, 0.05) is 13.0 Å². The molecule has 0 aromatic heterocycles. The highest BCUT2D eigenvalue weighted by Crippen LogP contribution is 2.43. The zero-order valence-corrected chi connectivity index (χ0v) is 45.1. The fourth-order valence-electron chi connectivity index (χ4n) is 9.20. The maximum Gasteiger partial charge on any atom is 0.472 e. The molecule has 1 amide bonds. The predicted octanol–water partition coefficient (Wildman–Crippen LogP) is 17.9. The molecule has 0 spiro atoms. The van der Waals surface area contributed by atoms with Crippen LogP contribution in [0.5, 0.6) is 0 Å². The van der Waals surface area contributed by atoms with E-state index in [1.165, 1.54) is 257 Å². The summed E-state index contributed by atoms with van der Waals surface area (Å²) in [6, 6.07) is -0.856. The molecule has 3 atom stereocenters. The second kappa shape index (κ2) is 53.6. The molecular formula is C57H115N2O6P. The van der Waals surface area contributed by atoms with Crippen LogP contribution < -0.4 is 11.1 Å². The quantitative estimate of drug-likeness (QED) is 0.0271. The van der Waals surface area contributed by atoms with Crippen LogP contribution in [0.15, 0.2) is 12.2 Å². The molecule has 8 nitrogen and oxygen atoms in total. The van der Waals surface area contributed by atoms with Gasteiger partial charge < -0.3 is 21.1 Å². The smallest absolute Gasteiger partial charge is 0.387 e. The third-order valence-electron chi connectivity index (χ3n) is 13.6. The number of carbonyl (C=O) groups excluding carboxylic acids is 1. The molecule has 0 saturated heterocycles. The lowest BCUT2D eigenvalue weighted by Gasteiger charge is -2.23. The van der Waals surface area contributed by atoms with Crippen LogP contribution in [0.2, 0.25) is 0 Å². The predicted molar refractivity (Wildman–Crippen MR) is 286 cm³/mol. The highest BCUT2D eigenvalue weighted by atomic mass is 31.2. The van der Waals surface area contributed by atoms with E-state index in [-0.39, 0.29) is 25.7 Å². The summed E-state index contributed by atoms with van der Waals surface area (Å²) in [5.74, 6) is -0.186. The number of nitrogens with two attached hydrogens (primary N) is 1. The first-order valence-electron chi connectivity index (χ1n) is 29.3. The first kappa shape index (κ1) is 65.2. The minimum Gasteiger partial charge on any atom is -0.387 e. The molecule has 394 valence electrons. The molecule has 0 heterocycles. The number of amides is 1. The van der Waals surface area contributed by atoms with E-state index in [2.05, 4.69) is 19.2 Å². The zero-order chi connectivity index (χ0) is 48.1. The number of unbranched alkanes of at least 4 members (excludes halogenated alkanes) is 44. The van der Waals surface area contributed by atoms with Gasteiger partial charge in [0.15, 0.2) is 0 Å². The zero-order valence-electron chi connectivity index (χ0n) is 44.2. The van der Waals surface area contributed by atoms with Crippen molar-refractivity contribution in [3.63, 3.8) is 0 Å². The average molecular weight is 956 g/mol. The number of nitrogens with one attached hydrogen (secondary N) is 1. The number of carbonyl (C=O) groups is 1. The SMILES string of the molecule is CCCCCCCCCCCCCCC/C=C/[C@@H](O)[C@H](COP(=O)(O)OCCN)NC(=O)CCCCCCCCCCCCCCCCCCCCCCCCCCCCCCCCCC. The van der Waals surface area contributed by atoms with E-state index < -0.39 is 20.0 Å². The third kappa shape index (κ3) is 51.1. The molecule has 0 aliphatic carbocycles. The third-order valence-corrected chi connectivity index (χ3v) is 14.6. The van der Waals surface area contributed by atoms with Gasteiger partial charge >= 0.3 is 7.82 Å². The van der Waals surface area contributed by atoms with Crippen LogP contribution in [0, 0.1) is 0 Å². The summed E-state index contributed by atoms with van der Waals surface area (Å²) >= 11 is 0. The average Bonchev–Trinajstić information content (AvgIpc) is 3.31. The number of allylic oxidation sites excluding steroid dienone is 1. The van der Waals surface area contributed by atoms with Gasteiger partial charge in [-0.1, -0.05) is 302 Å². The minimum absolute atomic E-state index is 0.0817. The van der Waals surface area contributed by atoms with Crippen molar-refractivity contribution in [3.05, 3.63) is 12.2 Å². The standard InChI is InChI=1S/C57H115N2O6P/c1-3-5-7-9-11-13-15-17-19-20-21-22-23-24-25-26-27-28-29-30-31-32-33-34-35-37-39-41-43-45-47-49-51-57(61)59-55(54-65-66(62,63)64-53-52-58)56(60)50-48-46-44-42-40-38-36-18-16-14-12-10-8-6-4-2/h48,50,55-56,60H,3-47,49,51-54,58H2,1-2H3,(H,59,61)(H,62,63)/b50-48+/t55-,56+/m0/s1. The van der Waals surface area contributed by atoms with E-state index in [1.807, 2.05) is 6.08 Å². The van der Waals surface area contributed by atoms with Gasteiger partial charge in [-0.15, -0.1) is 0 Å². The molecular weight excluding hydrogens is 840 g/mol. The van der Waals surface area contributed by atoms with Crippen molar-refractivity contribution >= 4 is 13.7 Å². The Hall–Kier alpha value is -0.760. The van der Waals surface area contributed by atoms with E-state index in [0.717, 1.165) is 38.5 Å². The van der Waals surface area contributed by atoms with Gasteiger partial charge in [0.25, 0.3) is 0 Å². The van der Waals surface area contributed by atoms with Crippen LogP contribution in [0.25, 0.3) is 0 Å². The van der Waals surface area contributed by atoms with E-state index in [4.69, 9.17) is 14.8 Å². The number of hydrogen-bond donors (Lipinski definition) is 4. The number of aliphatic hydroxyl groups is 1. The Balaban J connectivity index is 3.83. The lowest BCUT2D eigenvalue weighted by Crippen LogP contribution is -2.45. The summed E-state index contributed by atoms with van der Waals surface area (Å²) in [6.45, 7) is 4.19. The maximum absolute atomic E-state index is 12.9. The second-order valence-electron chi connectivity index (χ2n) is 20.2. The van der Waals surface area contributed by atoms with E-state index >= 15 is 0 Å². The summed E-state index contributed by atoms with van der Waals surface area (Å²) in [7, 11) is -4.34. The van der Waals surface area contributed by atoms with Crippen LogP contribution in [-0.4, -0.2) is 47.8 Å². The second-order valence-corrected chi connectivity index (χ2v) is 21.7. The van der Waals surface area contributed by atoms with Crippen molar-refractivity contribution in [2.24, 2.45) is 5.73 Å². The molecule has 0 fully saturated rings. The molecule has 5 N–H and O–H groups in total. The van der Waals surface area contributed by atoms with Gasteiger partial charge in [-0.25, -0.2) is 4.57 Å². The van der Waals surface area contributed by atoms with Gasteiger partial charge in [0.1, 0.15) is 0 Å². The molecule has 9 heteroatoms. The Bertz CT molecular complexity index is 1050. The van der Waals surface area contributed by atoms with Gasteiger partial charge in [-0.3, -0.25) is 13.8 Å². The molecule has 66 heavy (non-hydrogen) atoms. The van der Waals surface area contributed by atoms with Gasteiger partial charge in [-0.05, 0) is 19.3 Å². The van der Waals surface area contributed by atoms with Crippen LogP contribution >= 0.6 is 7.82 Å². The fourth-order valence-corrected chi connectivity index (χ4v) is 9.96. The van der Waals surface area contributed by atoms with Crippen molar-refractivity contribution in [1.29, 1.82) is 0 Å². The van der Waals surface area contributed by atoms with Gasteiger partial charge in [-0.2, -0.15) is 0 Å². The number of phosphoric acid groups is 1. The number of rotatable bonds is 56. The molecule has 0 aliphatic heterocycles. The summed E-state index contributed by atoms with van der Waals surface area (Å²) in [5.41, 5.74) is 5.40. The summed E-state index contributed by atoms with van der Waals surface area (Å²) in [5, 5.41) is 13.8. The molecule has 0 radical (unpaired) electrons. The summed E-state index contributed by atoms with van der Waals surface area (Å²) in [6.07, 6.45) is 64.6. The molecule has 1 unspecified atom stereocenters. The van der Waals surface area contributed by atoms with E-state index in [0.29, 0.717) is 6.42 Å². The van der Waals surface area contributed by atoms with Crippen molar-refractivity contribution in [2.75, 3.05) is 19.8 Å². The first-order chi connectivity index (χ1) is 32.4. The fraction of sp³-hybridized carbons (Fsp3) is 0.947. The Morgan fingerprint density at radius 1 is 0.485 bits per heavy atom. The molecule has 0 aliphatic rings. The van der Waals surface area contributed by atoms with Crippen molar-refractivity contribution in [2.45, 2.75) is 328 Å². The van der Waals surface area contributed by atoms with Crippen LogP contribution in [-0.2, 0) is 18.4 Å². The van der Waals surface area contributed by atoms with Crippen LogP contribution in [0.4, 0.5) is 0 Å². The van der Waals surface area contributed by atoms with E-state index in [1.54, 1.807) is 6.08 Å². The Morgan fingerprint density at radius 2 is 0.773 bits per heavy atom. The van der Waals surface area contributed by atoms with Crippen molar-refractivity contribution < 1.29 is 28.4 Å². The lowest BCUT2D eigenvalue weighted by atomic mass is 10.0. The van der Waals surface area contributed by atoms with Gasteiger partial charge in [0.2, 0.25) is 5.91 Å². The minimum atomic E-state index is -4.34. The lowest BCUT2D eigenvalue weighted by molar-refractivity contribution is -0.123. The highest BCUT2D eigenvalue weighted by molar-refractivity contribution is 7.47. The number of phosphoric ester groups is 1. The molecule has 0 aromatic rings. The molecule has 0 rings (SSSR count). The Labute approximate surface area is 411 Å². The molecule has 0 saturated carbocycles. The van der Waals surface area contributed by atoms with E-state index in [9.17, 15) is 19.4 Å². The first-order valence-corrected chi connectivity index (χ1v) is 30.8. The topological polar surface area (TPSA) is 131 Å². The monoisotopic (exact) mass is 955 g/mol. The summed E-state index contributed by atoms with van der Waals surface area (Å²) in [4.78, 5) is 22.9.